The third-order valence-corrected chi connectivity index (χ3v) is 6.06. The Kier molecular flexibility index (Phi) is 7.10. The first-order valence-corrected chi connectivity index (χ1v) is 10.8. The van der Waals surface area contributed by atoms with Gasteiger partial charge in [-0.15, -0.1) is 0 Å². The zero-order valence-electron chi connectivity index (χ0n) is 15.7. The normalized spacial score (nSPS) is 16.5. The number of furan rings is 1. The predicted molar refractivity (Wildman–Crippen MR) is 113 cm³/mol. The van der Waals surface area contributed by atoms with Gasteiger partial charge in [-0.05, 0) is 61.5 Å². The minimum absolute atomic E-state index is 0.198. The van der Waals surface area contributed by atoms with E-state index in [-0.39, 0.29) is 11.0 Å². The molecule has 2 heterocycles. The van der Waals surface area contributed by atoms with Crippen molar-refractivity contribution in [1.82, 2.24) is 4.90 Å². The van der Waals surface area contributed by atoms with Crippen LogP contribution in [0.2, 0.25) is 5.02 Å². The molecule has 1 aliphatic rings. The van der Waals surface area contributed by atoms with E-state index in [9.17, 15) is 14.4 Å². The number of benzene rings is 1. The molecule has 1 fully saturated rings. The van der Waals surface area contributed by atoms with Crippen molar-refractivity contribution in [1.29, 1.82) is 0 Å². The molecule has 3 rings (SSSR count). The van der Waals surface area contributed by atoms with Gasteiger partial charge in [-0.2, -0.15) is 0 Å². The highest BCUT2D eigenvalue weighted by Gasteiger charge is 2.37. The first-order valence-electron chi connectivity index (χ1n) is 8.84. The second kappa shape index (κ2) is 9.56. The fourth-order valence-corrected chi connectivity index (χ4v) is 4.05. The lowest BCUT2D eigenvalue weighted by Crippen LogP contribution is -2.35. The summed E-state index contributed by atoms with van der Waals surface area (Å²) >= 11 is 8.06. The Morgan fingerprint density at radius 2 is 2.00 bits per heavy atom. The van der Waals surface area contributed by atoms with Gasteiger partial charge in [0, 0.05) is 16.0 Å². The maximum Gasteiger partial charge on any atom is 0.326 e. The number of carbonyl (C=O) groups excluding carboxylic acids is 3. The quantitative estimate of drug-likeness (QED) is 0.408. The Labute approximate surface area is 181 Å². The molecule has 1 saturated heterocycles. The molecule has 0 N–H and O–H groups in total. The van der Waals surface area contributed by atoms with E-state index in [2.05, 4.69) is 0 Å². The minimum atomic E-state index is -0.609. The number of hydrogen-bond acceptors (Lipinski definition) is 7. The molecule has 0 saturated carbocycles. The summed E-state index contributed by atoms with van der Waals surface area (Å²) in [6.07, 6.45) is 1.89. The smallest absolute Gasteiger partial charge is 0.326 e. The number of carbonyl (C=O) groups is 3. The predicted octanol–water partition coefficient (Wildman–Crippen LogP) is 5.46. The first kappa shape index (κ1) is 21.5. The van der Waals surface area contributed by atoms with E-state index in [1.165, 1.54) is 17.8 Å². The average molecular weight is 452 g/mol. The fourth-order valence-electron chi connectivity index (χ4n) is 2.33. The van der Waals surface area contributed by atoms with Crippen LogP contribution in [0.5, 0.6) is 0 Å². The molecule has 1 atom stereocenters. The summed E-state index contributed by atoms with van der Waals surface area (Å²) < 4.78 is 10.8. The first-order chi connectivity index (χ1) is 13.9. The summed E-state index contributed by atoms with van der Waals surface area (Å²) in [5.41, 5.74) is 0. The van der Waals surface area contributed by atoms with Crippen LogP contribution in [-0.4, -0.2) is 34.7 Å². The van der Waals surface area contributed by atoms with Crippen LogP contribution in [-0.2, 0) is 14.3 Å². The Morgan fingerprint density at radius 3 is 2.69 bits per heavy atom. The van der Waals surface area contributed by atoms with Gasteiger partial charge in [-0.1, -0.05) is 30.3 Å². The summed E-state index contributed by atoms with van der Waals surface area (Å²) in [6.45, 7) is 3.23. The number of halogens is 1. The van der Waals surface area contributed by atoms with E-state index in [1.54, 1.807) is 31.2 Å². The van der Waals surface area contributed by atoms with Crippen LogP contribution < -0.4 is 0 Å². The number of imide groups is 1. The Balaban J connectivity index is 1.65. The monoisotopic (exact) mass is 451 g/mol. The summed E-state index contributed by atoms with van der Waals surface area (Å²) in [5.74, 6) is -0.707. The van der Waals surface area contributed by atoms with Gasteiger partial charge in [-0.3, -0.25) is 19.3 Å². The van der Waals surface area contributed by atoms with Crippen molar-refractivity contribution < 1.29 is 23.5 Å². The van der Waals surface area contributed by atoms with Crippen molar-refractivity contribution in [3.8, 4) is 0 Å². The van der Waals surface area contributed by atoms with Gasteiger partial charge in [0.05, 0.1) is 11.0 Å². The molecule has 0 bridgehead atoms. The van der Waals surface area contributed by atoms with Gasteiger partial charge >= 0.3 is 5.97 Å². The number of rotatable bonds is 7. The third-order valence-electron chi connectivity index (χ3n) is 3.98. The van der Waals surface area contributed by atoms with Gasteiger partial charge in [0.2, 0.25) is 0 Å². The van der Waals surface area contributed by atoms with Crippen molar-refractivity contribution in [3.63, 3.8) is 0 Å². The van der Waals surface area contributed by atoms with E-state index < -0.39 is 23.7 Å². The summed E-state index contributed by atoms with van der Waals surface area (Å²) in [6, 6.07) is 10.8. The van der Waals surface area contributed by atoms with Crippen molar-refractivity contribution in [2.45, 2.75) is 36.4 Å². The van der Waals surface area contributed by atoms with Crippen molar-refractivity contribution in [2.24, 2.45) is 0 Å². The fraction of sp³-hybridized carbons (Fsp3) is 0.250. The standard InChI is InChI=1S/C20H18ClNO5S2/c1-3-12(2)26-17(23)11-22-19(24)16(29-20(22)25)10-14-6-9-18(27-14)28-15-7-4-13(21)5-8-15/h4-10,12H,3,11H2,1-2H3/b16-10-/t12-/m0/s1. The Hall–Kier alpha value is -2.16. The lowest BCUT2D eigenvalue weighted by Gasteiger charge is -2.14. The third kappa shape index (κ3) is 5.68. The molecule has 0 aliphatic carbocycles. The second-order valence-electron chi connectivity index (χ2n) is 6.19. The number of hydrogen-bond donors (Lipinski definition) is 0. The van der Waals surface area contributed by atoms with E-state index in [4.69, 9.17) is 20.8 Å². The zero-order chi connectivity index (χ0) is 21.0. The molecule has 2 amide bonds. The van der Waals surface area contributed by atoms with E-state index in [0.29, 0.717) is 22.3 Å². The molecule has 0 spiro atoms. The van der Waals surface area contributed by atoms with Crippen molar-refractivity contribution >= 4 is 58.3 Å². The Morgan fingerprint density at radius 1 is 1.28 bits per heavy atom. The SMILES string of the molecule is CC[C@H](C)OC(=O)CN1C(=O)S/C(=C\c2ccc(Sc3ccc(Cl)cc3)o2)C1=O. The largest absolute Gasteiger partial charge is 0.461 e. The van der Waals surface area contributed by atoms with Crippen LogP contribution in [0.15, 0.2) is 55.7 Å². The van der Waals surface area contributed by atoms with Crippen LogP contribution in [0.4, 0.5) is 4.79 Å². The molecule has 1 aromatic carbocycles. The van der Waals surface area contributed by atoms with Gasteiger partial charge in [0.25, 0.3) is 11.1 Å². The Bertz CT molecular complexity index is 954. The summed E-state index contributed by atoms with van der Waals surface area (Å²) in [4.78, 5) is 38.5. The molecule has 1 aromatic heterocycles. The highest BCUT2D eigenvalue weighted by molar-refractivity contribution is 8.18. The molecule has 6 nitrogen and oxygen atoms in total. The minimum Gasteiger partial charge on any atom is -0.461 e. The molecule has 2 aromatic rings. The topological polar surface area (TPSA) is 76.8 Å². The molecular formula is C20H18ClNO5S2. The highest BCUT2D eigenvalue weighted by atomic mass is 35.5. The number of ether oxygens (including phenoxy) is 1. The molecular weight excluding hydrogens is 434 g/mol. The van der Waals surface area contributed by atoms with Crippen LogP contribution in [0.1, 0.15) is 26.0 Å². The highest BCUT2D eigenvalue weighted by Crippen LogP contribution is 2.34. The molecule has 0 unspecified atom stereocenters. The van der Waals surface area contributed by atoms with Gasteiger partial charge in [0.1, 0.15) is 12.3 Å². The molecule has 1 aliphatic heterocycles. The van der Waals surface area contributed by atoms with Gasteiger partial charge in [-0.25, -0.2) is 0 Å². The lowest BCUT2D eigenvalue weighted by atomic mass is 10.3. The van der Waals surface area contributed by atoms with Crippen molar-refractivity contribution in [2.75, 3.05) is 6.54 Å². The zero-order valence-corrected chi connectivity index (χ0v) is 18.1. The van der Waals surface area contributed by atoms with E-state index in [1.807, 2.05) is 19.1 Å². The summed E-state index contributed by atoms with van der Waals surface area (Å²) in [5, 5.41) is 0.776. The number of amides is 2. The molecule has 152 valence electrons. The van der Waals surface area contributed by atoms with Crippen LogP contribution in [0.25, 0.3) is 6.08 Å². The van der Waals surface area contributed by atoms with Crippen molar-refractivity contribution in [3.05, 3.63) is 52.1 Å². The van der Waals surface area contributed by atoms with E-state index in [0.717, 1.165) is 21.6 Å². The van der Waals surface area contributed by atoms with Crippen LogP contribution in [0, 0.1) is 0 Å². The maximum atomic E-state index is 12.5. The van der Waals surface area contributed by atoms with Gasteiger partial charge in [0.15, 0.2) is 5.09 Å². The molecule has 9 heteroatoms. The maximum absolute atomic E-state index is 12.5. The lowest BCUT2D eigenvalue weighted by molar-refractivity contribution is -0.150. The van der Waals surface area contributed by atoms with E-state index >= 15 is 0 Å². The van der Waals surface area contributed by atoms with Crippen LogP contribution >= 0.6 is 35.1 Å². The number of esters is 1. The summed E-state index contributed by atoms with van der Waals surface area (Å²) in [7, 11) is 0. The average Bonchev–Trinajstić information content (AvgIpc) is 3.23. The number of thioether (sulfide) groups is 1. The number of nitrogens with zero attached hydrogens (tertiary/aromatic N) is 1. The van der Waals surface area contributed by atoms with Gasteiger partial charge < -0.3 is 9.15 Å². The molecule has 0 radical (unpaired) electrons. The second-order valence-corrected chi connectivity index (χ2v) is 8.70. The molecule has 29 heavy (non-hydrogen) atoms. The van der Waals surface area contributed by atoms with Crippen LogP contribution in [0.3, 0.4) is 0 Å².